The topological polar surface area (TPSA) is 92.3 Å². The number of nitrogens with zero attached hydrogens (tertiary/aromatic N) is 6. The molecule has 1 aromatic carbocycles. The van der Waals surface area contributed by atoms with Crippen molar-refractivity contribution in [1.29, 1.82) is 5.26 Å². The highest BCUT2D eigenvalue weighted by Crippen LogP contribution is 2.16. The third-order valence-electron chi connectivity index (χ3n) is 3.11. The van der Waals surface area contributed by atoms with Crippen molar-refractivity contribution >= 4 is 5.82 Å². The number of para-hydroxylation sites is 1. The Bertz CT molecular complexity index is 787. The molecule has 0 aliphatic rings. The van der Waals surface area contributed by atoms with Gasteiger partial charge >= 0.3 is 0 Å². The maximum atomic E-state index is 8.71. The van der Waals surface area contributed by atoms with Gasteiger partial charge in [-0.25, -0.2) is 14.6 Å². The van der Waals surface area contributed by atoms with Gasteiger partial charge in [-0.2, -0.15) is 5.26 Å². The molecule has 0 amide bonds. The van der Waals surface area contributed by atoms with E-state index in [4.69, 9.17) is 5.26 Å². The van der Waals surface area contributed by atoms with Crippen molar-refractivity contribution in [3.63, 3.8) is 0 Å². The summed E-state index contributed by atoms with van der Waals surface area (Å²) in [5, 5.41) is 20.2. The number of aromatic nitrogens is 5. The smallest absolute Gasteiger partial charge is 0.158 e. The minimum Gasteiger partial charge on any atom is -0.361 e. The van der Waals surface area contributed by atoms with Crippen LogP contribution in [0.5, 0.6) is 0 Å². The van der Waals surface area contributed by atoms with Crippen LogP contribution in [-0.2, 0) is 0 Å². The third-order valence-corrected chi connectivity index (χ3v) is 3.11. The Morgan fingerprint density at radius 1 is 1.18 bits per heavy atom. The normalized spacial score (nSPS) is 11.6. The summed E-state index contributed by atoms with van der Waals surface area (Å²) in [6, 6.07) is 11.6. The SMILES string of the molecule is CC(Nc1cnc(C#N)cn1)c1cn(-c2ccccc2)nn1. The van der Waals surface area contributed by atoms with Crippen molar-refractivity contribution < 1.29 is 0 Å². The summed E-state index contributed by atoms with van der Waals surface area (Å²) in [6.45, 7) is 1.96. The van der Waals surface area contributed by atoms with Gasteiger partial charge < -0.3 is 5.32 Å². The van der Waals surface area contributed by atoms with Crippen LogP contribution in [0.2, 0.25) is 0 Å². The fourth-order valence-corrected chi connectivity index (χ4v) is 1.94. The first-order chi connectivity index (χ1) is 10.8. The molecule has 108 valence electrons. The Labute approximate surface area is 127 Å². The van der Waals surface area contributed by atoms with Crippen LogP contribution in [0.1, 0.15) is 24.4 Å². The Morgan fingerprint density at radius 3 is 2.68 bits per heavy atom. The molecule has 3 rings (SSSR count). The molecular weight excluding hydrogens is 278 g/mol. The predicted octanol–water partition coefficient (Wildman–Crippen LogP) is 2.10. The lowest BCUT2D eigenvalue weighted by molar-refractivity contribution is 0.779. The van der Waals surface area contributed by atoms with Crippen LogP contribution in [0.3, 0.4) is 0 Å². The molecule has 0 bridgehead atoms. The first kappa shape index (κ1) is 13.7. The Morgan fingerprint density at radius 2 is 2.00 bits per heavy atom. The number of nitriles is 1. The summed E-state index contributed by atoms with van der Waals surface area (Å²) in [5.41, 5.74) is 2.02. The van der Waals surface area contributed by atoms with Gasteiger partial charge in [-0.05, 0) is 19.1 Å². The van der Waals surface area contributed by atoms with Crippen LogP contribution in [0, 0.1) is 11.3 Å². The van der Waals surface area contributed by atoms with E-state index in [1.165, 1.54) is 12.4 Å². The van der Waals surface area contributed by atoms with E-state index in [2.05, 4.69) is 25.6 Å². The lowest BCUT2D eigenvalue weighted by Crippen LogP contribution is -2.08. The second-order valence-corrected chi connectivity index (χ2v) is 4.69. The molecule has 1 atom stereocenters. The minimum absolute atomic E-state index is 0.0836. The van der Waals surface area contributed by atoms with Crippen LogP contribution >= 0.6 is 0 Å². The average Bonchev–Trinajstić information content (AvgIpc) is 3.06. The van der Waals surface area contributed by atoms with E-state index >= 15 is 0 Å². The van der Waals surface area contributed by atoms with Crippen LogP contribution < -0.4 is 5.32 Å². The molecule has 0 aliphatic heterocycles. The second kappa shape index (κ2) is 6.01. The van der Waals surface area contributed by atoms with Gasteiger partial charge in [-0.1, -0.05) is 23.4 Å². The highest BCUT2D eigenvalue weighted by atomic mass is 15.4. The van der Waals surface area contributed by atoms with Gasteiger partial charge in [0.2, 0.25) is 0 Å². The van der Waals surface area contributed by atoms with E-state index < -0.39 is 0 Å². The second-order valence-electron chi connectivity index (χ2n) is 4.69. The molecule has 1 unspecified atom stereocenters. The van der Waals surface area contributed by atoms with Crippen LogP contribution in [0.25, 0.3) is 5.69 Å². The van der Waals surface area contributed by atoms with E-state index in [1.807, 2.05) is 49.5 Å². The largest absolute Gasteiger partial charge is 0.361 e. The molecule has 0 aliphatic carbocycles. The molecular formula is C15H13N7. The van der Waals surface area contributed by atoms with E-state index in [0.717, 1.165) is 11.4 Å². The third kappa shape index (κ3) is 2.91. The first-order valence-corrected chi connectivity index (χ1v) is 6.72. The summed E-state index contributed by atoms with van der Waals surface area (Å²) < 4.78 is 1.72. The number of nitrogens with one attached hydrogen (secondary N) is 1. The lowest BCUT2D eigenvalue weighted by atomic mass is 10.2. The van der Waals surface area contributed by atoms with E-state index in [9.17, 15) is 0 Å². The van der Waals surface area contributed by atoms with Crippen molar-refractivity contribution in [2.75, 3.05) is 5.32 Å². The molecule has 22 heavy (non-hydrogen) atoms. The van der Waals surface area contributed by atoms with Gasteiger partial charge in [0.05, 0.1) is 30.3 Å². The van der Waals surface area contributed by atoms with Gasteiger partial charge in [0.25, 0.3) is 0 Å². The maximum absolute atomic E-state index is 8.71. The molecule has 0 spiro atoms. The van der Waals surface area contributed by atoms with Gasteiger partial charge in [0.1, 0.15) is 17.6 Å². The highest BCUT2D eigenvalue weighted by Gasteiger charge is 2.11. The molecule has 0 radical (unpaired) electrons. The zero-order valence-corrected chi connectivity index (χ0v) is 11.9. The van der Waals surface area contributed by atoms with Crippen LogP contribution in [0.15, 0.2) is 48.9 Å². The van der Waals surface area contributed by atoms with Crippen molar-refractivity contribution in [1.82, 2.24) is 25.0 Å². The summed E-state index contributed by atoms with van der Waals surface area (Å²) in [5.74, 6) is 0.584. The standard InChI is InChI=1S/C15H13N7/c1-11(19-15-9-17-12(7-16)8-18-15)14-10-22(21-20-14)13-5-3-2-4-6-13/h2-6,8-11H,1H3,(H,18,19). The number of rotatable bonds is 4. The number of hydrogen-bond donors (Lipinski definition) is 1. The van der Waals surface area contributed by atoms with Crippen molar-refractivity contribution in [3.05, 3.63) is 60.3 Å². The fourth-order valence-electron chi connectivity index (χ4n) is 1.94. The molecule has 3 aromatic rings. The Balaban J connectivity index is 1.74. The number of benzene rings is 1. The van der Waals surface area contributed by atoms with Crippen molar-refractivity contribution in [3.8, 4) is 11.8 Å². The van der Waals surface area contributed by atoms with Gasteiger partial charge in [0.15, 0.2) is 5.69 Å². The zero-order valence-electron chi connectivity index (χ0n) is 11.9. The molecule has 0 saturated carbocycles. The monoisotopic (exact) mass is 291 g/mol. The summed E-state index contributed by atoms with van der Waals surface area (Å²) in [4.78, 5) is 8.10. The molecule has 0 saturated heterocycles. The molecule has 7 heteroatoms. The van der Waals surface area contributed by atoms with E-state index in [-0.39, 0.29) is 11.7 Å². The average molecular weight is 291 g/mol. The van der Waals surface area contributed by atoms with E-state index in [0.29, 0.717) is 5.82 Å². The maximum Gasteiger partial charge on any atom is 0.158 e. The predicted molar refractivity (Wildman–Crippen MR) is 80.1 cm³/mol. The summed E-state index contributed by atoms with van der Waals surface area (Å²) in [6.07, 6.45) is 4.82. The van der Waals surface area contributed by atoms with Gasteiger partial charge in [0, 0.05) is 0 Å². The van der Waals surface area contributed by atoms with Crippen LogP contribution in [0.4, 0.5) is 5.82 Å². The number of anilines is 1. The lowest BCUT2D eigenvalue weighted by Gasteiger charge is -2.10. The molecule has 1 N–H and O–H groups in total. The zero-order chi connectivity index (χ0) is 15.4. The van der Waals surface area contributed by atoms with Crippen LogP contribution in [-0.4, -0.2) is 25.0 Å². The Kier molecular flexibility index (Phi) is 3.74. The van der Waals surface area contributed by atoms with Gasteiger partial charge in [-0.3, -0.25) is 0 Å². The van der Waals surface area contributed by atoms with Crippen molar-refractivity contribution in [2.45, 2.75) is 13.0 Å². The molecule has 2 aromatic heterocycles. The molecule has 2 heterocycles. The molecule has 0 fully saturated rings. The van der Waals surface area contributed by atoms with E-state index in [1.54, 1.807) is 4.68 Å². The highest BCUT2D eigenvalue weighted by molar-refractivity contribution is 5.36. The minimum atomic E-state index is -0.0836. The van der Waals surface area contributed by atoms with Gasteiger partial charge in [-0.15, -0.1) is 5.10 Å². The first-order valence-electron chi connectivity index (χ1n) is 6.72. The quantitative estimate of drug-likeness (QED) is 0.791. The summed E-state index contributed by atoms with van der Waals surface area (Å²) in [7, 11) is 0. The Hall–Kier alpha value is -3.27. The molecule has 7 nitrogen and oxygen atoms in total. The number of hydrogen-bond acceptors (Lipinski definition) is 6. The summed E-state index contributed by atoms with van der Waals surface area (Å²) >= 11 is 0. The fraction of sp³-hybridized carbons (Fsp3) is 0.133. The van der Waals surface area contributed by atoms with Crippen molar-refractivity contribution in [2.24, 2.45) is 0 Å².